The van der Waals surface area contributed by atoms with Crippen molar-refractivity contribution in [2.75, 3.05) is 11.9 Å². The molecule has 3 nitrogen and oxygen atoms in total. The number of unbranched alkanes of at least 4 members (excludes halogenated alkanes) is 1. The average Bonchev–Trinajstić information content (AvgIpc) is 2.56. The molecule has 0 spiro atoms. The minimum atomic E-state index is -0.225. The summed E-state index contributed by atoms with van der Waals surface area (Å²) in [7, 11) is 0. The Morgan fingerprint density at radius 3 is 2.70 bits per heavy atom. The van der Waals surface area contributed by atoms with E-state index in [1.165, 1.54) is 6.08 Å². The van der Waals surface area contributed by atoms with E-state index in [4.69, 9.17) is 16.3 Å². The zero-order valence-corrected chi connectivity index (χ0v) is 13.8. The topological polar surface area (TPSA) is 38.3 Å². The summed E-state index contributed by atoms with van der Waals surface area (Å²) < 4.78 is 5.70. The molecule has 0 bridgehead atoms. The summed E-state index contributed by atoms with van der Waals surface area (Å²) in [6.45, 7) is 2.75. The first kappa shape index (κ1) is 17.1. The average molecular weight is 330 g/mol. The summed E-state index contributed by atoms with van der Waals surface area (Å²) in [4.78, 5) is 12.1. The lowest BCUT2D eigenvalue weighted by atomic mass is 10.2. The Morgan fingerprint density at radius 2 is 1.91 bits per heavy atom. The fourth-order valence-corrected chi connectivity index (χ4v) is 2.17. The number of para-hydroxylation sites is 2. The fourth-order valence-electron chi connectivity index (χ4n) is 1.97. The van der Waals surface area contributed by atoms with Gasteiger partial charge in [0.15, 0.2) is 0 Å². The molecule has 0 saturated carbocycles. The number of carbonyl (C=O) groups is 1. The molecule has 0 aliphatic carbocycles. The summed E-state index contributed by atoms with van der Waals surface area (Å²) >= 11 is 6.06. The largest absolute Gasteiger partial charge is 0.491 e. The van der Waals surface area contributed by atoms with Gasteiger partial charge in [-0.25, -0.2) is 0 Å². The molecule has 1 amide bonds. The van der Waals surface area contributed by atoms with E-state index in [1.807, 2.05) is 42.5 Å². The van der Waals surface area contributed by atoms with Gasteiger partial charge in [0.05, 0.1) is 12.3 Å². The van der Waals surface area contributed by atoms with Crippen molar-refractivity contribution in [1.82, 2.24) is 0 Å². The Labute approximate surface area is 141 Å². The minimum absolute atomic E-state index is 0.225. The number of carbonyl (C=O) groups excluding carboxylic acids is 1. The van der Waals surface area contributed by atoms with Crippen LogP contribution in [0.25, 0.3) is 6.08 Å². The SMILES string of the molecule is CCCCOc1ccccc1NC(=O)C=Cc1ccccc1Cl. The molecule has 0 unspecified atom stereocenters. The molecule has 120 valence electrons. The van der Waals surface area contributed by atoms with Gasteiger partial charge in [-0.05, 0) is 36.3 Å². The summed E-state index contributed by atoms with van der Waals surface area (Å²) in [5.74, 6) is 0.455. The summed E-state index contributed by atoms with van der Waals surface area (Å²) in [5.41, 5.74) is 1.47. The zero-order chi connectivity index (χ0) is 16.5. The number of anilines is 1. The molecule has 2 aromatic rings. The van der Waals surface area contributed by atoms with Crippen molar-refractivity contribution in [2.45, 2.75) is 19.8 Å². The van der Waals surface area contributed by atoms with Crippen molar-refractivity contribution in [2.24, 2.45) is 0 Å². The van der Waals surface area contributed by atoms with E-state index < -0.39 is 0 Å². The highest BCUT2D eigenvalue weighted by molar-refractivity contribution is 6.32. The molecular weight excluding hydrogens is 310 g/mol. The smallest absolute Gasteiger partial charge is 0.248 e. The van der Waals surface area contributed by atoms with Crippen LogP contribution < -0.4 is 10.1 Å². The number of hydrogen-bond acceptors (Lipinski definition) is 2. The highest BCUT2D eigenvalue weighted by Gasteiger charge is 2.05. The first-order valence-corrected chi connectivity index (χ1v) is 8.04. The quantitative estimate of drug-likeness (QED) is 0.562. The van der Waals surface area contributed by atoms with Gasteiger partial charge >= 0.3 is 0 Å². The van der Waals surface area contributed by atoms with Gasteiger partial charge in [0, 0.05) is 11.1 Å². The molecule has 0 saturated heterocycles. The van der Waals surface area contributed by atoms with Crippen molar-refractivity contribution in [3.05, 3.63) is 65.2 Å². The molecule has 0 fully saturated rings. The van der Waals surface area contributed by atoms with Gasteiger partial charge in [0.1, 0.15) is 5.75 Å². The van der Waals surface area contributed by atoms with E-state index in [2.05, 4.69) is 12.2 Å². The fraction of sp³-hybridized carbons (Fsp3) is 0.211. The normalized spacial score (nSPS) is 10.7. The van der Waals surface area contributed by atoms with Gasteiger partial charge in [-0.2, -0.15) is 0 Å². The monoisotopic (exact) mass is 329 g/mol. The molecule has 4 heteroatoms. The van der Waals surface area contributed by atoms with Crippen LogP contribution in [0.2, 0.25) is 5.02 Å². The first-order chi connectivity index (χ1) is 11.2. The molecule has 0 aliphatic heterocycles. The predicted molar refractivity (Wildman–Crippen MR) is 96.0 cm³/mol. The van der Waals surface area contributed by atoms with Gasteiger partial charge in [0.2, 0.25) is 5.91 Å². The Balaban J connectivity index is 2.01. The number of ether oxygens (including phenoxy) is 1. The third-order valence-electron chi connectivity index (χ3n) is 3.22. The summed E-state index contributed by atoms with van der Waals surface area (Å²) in [6.07, 6.45) is 5.20. The van der Waals surface area contributed by atoms with E-state index in [0.717, 1.165) is 18.4 Å². The number of halogens is 1. The molecule has 0 atom stereocenters. The second-order valence-corrected chi connectivity index (χ2v) is 5.45. The maximum Gasteiger partial charge on any atom is 0.248 e. The van der Waals surface area contributed by atoms with Crippen LogP contribution in [0.15, 0.2) is 54.6 Å². The van der Waals surface area contributed by atoms with E-state index >= 15 is 0 Å². The van der Waals surface area contributed by atoms with Crippen LogP contribution in [0.5, 0.6) is 5.75 Å². The van der Waals surface area contributed by atoms with Crippen LogP contribution in [0.4, 0.5) is 5.69 Å². The van der Waals surface area contributed by atoms with Gasteiger partial charge in [-0.3, -0.25) is 4.79 Å². The van der Waals surface area contributed by atoms with Crippen LogP contribution >= 0.6 is 11.6 Å². The van der Waals surface area contributed by atoms with Crippen molar-refractivity contribution < 1.29 is 9.53 Å². The molecule has 0 radical (unpaired) electrons. The van der Waals surface area contributed by atoms with E-state index in [0.29, 0.717) is 23.1 Å². The number of amides is 1. The predicted octanol–water partition coefficient (Wildman–Crippen LogP) is 5.17. The third kappa shape index (κ3) is 5.46. The lowest BCUT2D eigenvalue weighted by Gasteiger charge is -2.11. The van der Waals surface area contributed by atoms with Crippen LogP contribution in [-0.4, -0.2) is 12.5 Å². The highest BCUT2D eigenvalue weighted by atomic mass is 35.5. The molecule has 23 heavy (non-hydrogen) atoms. The Morgan fingerprint density at radius 1 is 1.17 bits per heavy atom. The van der Waals surface area contributed by atoms with E-state index in [9.17, 15) is 4.79 Å². The number of hydrogen-bond donors (Lipinski definition) is 1. The maximum absolute atomic E-state index is 12.1. The van der Waals surface area contributed by atoms with Crippen molar-refractivity contribution >= 4 is 29.3 Å². The van der Waals surface area contributed by atoms with Crippen LogP contribution in [0.3, 0.4) is 0 Å². The van der Waals surface area contributed by atoms with E-state index in [-0.39, 0.29) is 5.91 Å². The second kappa shape index (κ2) is 9.01. The molecule has 0 aliphatic rings. The van der Waals surface area contributed by atoms with Crippen LogP contribution in [-0.2, 0) is 4.79 Å². The Hall–Kier alpha value is -2.26. The Bertz CT molecular complexity index is 683. The zero-order valence-electron chi connectivity index (χ0n) is 13.1. The highest BCUT2D eigenvalue weighted by Crippen LogP contribution is 2.24. The maximum atomic E-state index is 12.1. The lowest BCUT2D eigenvalue weighted by molar-refractivity contribution is -0.111. The van der Waals surface area contributed by atoms with Gasteiger partial charge in [-0.15, -0.1) is 0 Å². The number of benzene rings is 2. The van der Waals surface area contributed by atoms with Gasteiger partial charge < -0.3 is 10.1 Å². The minimum Gasteiger partial charge on any atom is -0.491 e. The second-order valence-electron chi connectivity index (χ2n) is 5.04. The van der Waals surface area contributed by atoms with Crippen molar-refractivity contribution in [3.8, 4) is 5.75 Å². The standard InChI is InChI=1S/C19H20ClNO2/c1-2-3-14-23-18-11-7-6-10-17(18)21-19(22)13-12-15-8-4-5-9-16(15)20/h4-13H,2-3,14H2,1H3,(H,21,22). The first-order valence-electron chi connectivity index (χ1n) is 7.66. The molecule has 0 aromatic heterocycles. The lowest BCUT2D eigenvalue weighted by Crippen LogP contribution is -2.09. The molecule has 2 rings (SSSR count). The van der Waals surface area contributed by atoms with Gasteiger partial charge in [0.25, 0.3) is 0 Å². The summed E-state index contributed by atoms with van der Waals surface area (Å²) in [6, 6.07) is 14.8. The summed E-state index contributed by atoms with van der Waals surface area (Å²) in [5, 5.41) is 3.44. The van der Waals surface area contributed by atoms with Gasteiger partial charge in [-0.1, -0.05) is 55.3 Å². The third-order valence-corrected chi connectivity index (χ3v) is 3.56. The molecule has 1 N–H and O–H groups in total. The van der Waals surface area contributed by atoms with Crippen LogP contribution in [0, 0.1) is 0 Å². The Kier molecular flexibility index (Phi) is 6.70. The van der Waals surface area contributed by atoms with Crippen LogP contribution in [0.1, 0.15) is 25.3 Å². The molecular formula is C19H20ClNO2. The van der Waals surface area contributed by atoms with Crippen molar-refractivity contribution in [3.63, 3.8) is 0 Å². The van der Waals surface area contributed by atoms with Crippen molar-refractivity contribution in [1.29, 1.82) is 0 Å². The van der Waals surface area contributed by atoms with E-state index in [1.54, 1.807) is 12.1 Å². The number of nitrogens with one attached hydrogen (secondary N) is 1. The molecule has 0 heterocycles. The molecule has 2 aromatic carbocycles. The number of rotatable bonds is 7.